The summed E-state index contributed by atoms with van der Waals surface area (Å²) in [5.41, 5.74) is 0.134. The Hall–Kier alpha value is -1.05. The van der Waals surface area contributed by atoms with Crippen LogP contribution >= 0.6 is 0 Å². The minimum atomic E-state index is -1.17. The summed E-state index contributed by atoms with van der Waals surface area (Å²) in [6.07, 6.45) is 2.73. The number of hydrogen-bond donors (Lipinski definition) is 0. The lowest BCUT2D eigenvalue weighted by molar-refractivity contribution is -0.138. The molecule has 0 bridgehead atoms. The largest absolute Gasteiger partial charge is 0.381 e. The van der Waals surface area contributed by atoms with E-state index in [2.05, 4.69) is 13.2 Å². The Morgan fingerprint density at radius 3 is 2.44 bits per heavy atom. The summed E-state index contributed by atoms with van der Waals surface area (Å²) in [4.78, 5) is 9.96. The predicted molar refractivity (Wildman–Crippen MR) is 34.3 cm³/mol. The Labute approximate surface area is 54.5 Å². The summed E-state index contributed by atoms with van der Waals surface area (Å²) in [5, 5.41) is 9.96. The predicted octanol–water partition coefficient (Wildman–Crippen LogP) is 1.47. The highest BCUT2D eigenvalue weighted by molar-refractivity contribution is 5.85. The first kappa shape index (κ1) is 7.95. The SMILES string of the molecule is C=CCCC(=C)C([O])=O. The average molecular weight is 125 g/mol. The van der Waals surface area contributed by atoms with Crippen LogP contribution in [0.4, 0.5) is 0 Å². The van der Waals surface area contributed by atoms with E-state index in [1.165, 1.54) is 0 Å². The van der Waals surface area contributed by atoms with Crippen molar-refractivity contribution in [1.82, 2.24) is 0 Å². The molecule has 0 aliphatic heterocycles. The molecule has 0 saturated heterocycles. The molecule has 0 unspecified atom stereocenters. The monoisotopic (exact) mass is 125 g/mol. The van der Waals surface area contributed by atoms with Gasteiger partial charge in [0.1, 0.15) is 0 Å². The van der Waals surface area contributed by atoms with Crippen molar-refractivity contribution in [3.63, 3.8) is 0 Å². The van der Waals surface area contributed by atoms with Crippen LogP contribution in [-0.4, -0.2) is 5.97 Å². The van der Waals surface area contributed by atoms with E-state index in [-0.39, 0.29) is 5.57 Å². The Morgan fingerprint density at radius 2 is 2.11 bits per heavy atom. The molecule has 0 aliphatic carbocycles. The highest BCUT2D eigenvalue weighted by atomic mass is 16.4. The third-order valence-corrected chi connectivity index (χ3v) is 0.939. The van der Waals surface area contributed by atoms with Crippen molar-refractivity contribution in [2.75, 3.05) is 0 Å². The summed E-state index contributed by atoms with van der Waals surface area (Å²) in [5.74, 6) is -1.17. The maximum atomic E-state index is 9.96. The van der Waals surface area contributed by atoms with E-state index in [0.717, 1.165) is 0 Å². The van der Waals surface area contributed by atoms with Gasteiger partial charge < -0.3 is 0 Å². The summed E-state index contributed by atoms with van der Waals surface area (Å²) in [7, 11) is 0. The van der Waals surface area contributed by atoms with Crippen molar-refractivity contribution in [3.8, 4) is 0 Å². The molecule has 0 atom stereocenters. The molecule has 0 N–H and O–H groups in total. The number of rotatable bonds is 4. The second-order valence-electron chi connectivity index (χ2n) is 1.72. The van der Waals surface area contributed by atoms with Gasteiger partial charge in [-0.05, 0) is 12.8 Å². The van der Waals surface area contributed by atoms with E-state index in [1.807, 2.05) is 0 Å². The van der Waals surface area contributed by atoms with Crippen LogP contribution in [0, 0.1) is 0 Å². The molecule has 0 saturated carbocycles. The Morgan fingerprint density at radius 1 is 1.56 bits per heavy atom. The van der Waals surface area contributed by atoms with E-state index in [1.54, 1.807) is 6.08 Å². The van der Waals surface area contributed by atoms with E-state index in [0.29, 0.717) is 12.8 Å². The highest BCUT2D eigenvalue weighted by Gasteiger charge is 2.02. The molecule has 0 aliphatic rings. The van der Waals surface area contributed by atoms with Crippen LogP contribution in [0.15, 0.2) is 24.8 Å². The number of carbonyl (C=O) groups excluding carboxylic acids is 1. The molecule has 0 heterocycles. The first-order valence-electron chi connectivity index (χ1n) is 2.68. The second kappa shape index (κ2) is 3.89. The van der Waals surface area contributed by atoms with Gasteiger partial charge in [0.2, 0.25) is 0 Å². The van der Waals surface area contributed by atoms with Gasteiger partial charge in [0.05, 0.1) is 0 Å². The number of hydrogen-bond acceptors (Lipinski definition) is 1. The normalized spacial score (nSPS) is 8.44. The standard InChI is InChI=1S/C7H9O2/c1-3-4-5-6(2)7(8)9/h3H,1-2,4-5H2. The van der Waals surface area contributed by atoms with Gasteiger partial charge in [-0.2, -0.15) is 0 Å². The van der Waals surface area contributed by atoms with Crippen LogP contribution < -0.4 is 0 Å². The van der Waals surface area contributed by atoms with Crippen molar-refractivity contribution < 1.29 is 9.90 Å². The summed E-state index contributed by atoms with van der Waals surface area (Å²) in [6.45, 7) is 6.72. The second-order valence-corrected chi connectivity index (χ2v) is 1.72. The van der Waals surface area contributed by atoms with E-state index in [9.17, 15) is 9.90 Å². The molecule has 49 valence electrons. The molecule has 9 heavy (non-hydrogen) atoms. The summed E-state index contributed by atoms with van der Waals surface area (Å²) in [6, 6.07) is 0. The van der Waals surface area contributed by atoms with Crippen molar-refractivity contribution in [2.45, 2.75) is 12.8 Å². The topological polar surface area (TPSA) is 37.0 Å². The fourth-order valence-electron chi connectivity index (χ4n) is 0.378. The minimum Gasteiger partial charge on any atom is -0.242 e. The van der Waals surface area contributed by atoms with Crippen LogP contribution in [-0.2, 0) is 9.90 Å². The molecule has 0 aromatic carbocycles. The lowest BCUT2D eigenvalue weighted by Gasteiger charge is -1.90. The molecule has 0 fully saturated rings. The minimum absolute atomic E-state index is 0.134. The van der Waals surface area contributed by atoms with E-state index >= 15 is 0 Å². The van der Waals surface area contributed by atoms with Crippen molar-refractivity contribution in [1.29, 1.82) is 0 Å². The maximum absolute atomic E-state index is 9.96. The molecule has 1 radical (unpaired) electrons. The molecular weight excluding hydrogens is 116 g/mol. The van der Waals surface area contributed by atoms with Crippen LogP contribution in [0.25, 0.3) is 0 Å². The van der Waals surface area contributed by atoms with Gasteiger partial charge in [0.25, 0.3) is 0 Å². The van der Waals surface area contributed by atoms with Crippen LogP contribution in [0.5, 0.6) is 0 Å². The fraction of sp³-hybridized carbons (Fsp3) is 0.286. The zero-order chi connectivity index (χ0) is 7.28. The van der Waals surface area contributed by atoms with Gasteiger partial charge in [-0.1, -0.05) is 12.7 Å². The third-order valence-electron chi connectivity index (χ3n) is 0.939. The molecule has 0 rings (SSSR count). The van der Waals surface area contributed by atoms with Gasteiger partial charge in [-0.15, -0.1) is 6.58 Å². The first-order valence-corrected chi connectivity index (χ1v) is 2.68. The molecular formula is C7H9O2. The zero-order valence-corrected chi connectivity index (χ0v) is 5.22. The molecule has 2 nitrogen and oxygen atoms in total. The van der Waals surface area contributed by atoms with Crippen LogP contribution in [0.1, 0.15) is 12.8 Å². The van der Waals surface area contributed by atoms with Crippen molar-refractivity contribution in [2.24, 2.45) is 0 Å². The number of carbonyl (C=O) groups is 1. The highest BCUT2D eigenvalue weighted by Crippen LogP contribution is 2.01. The van der Waals surface area contributed by atoms with Crippen LogP contribution in [0.2, 0.25) is 0 Å². The Bertz CT molecular complexity index is 136. The lowest BCUT2D eigenvalue weighted by atomic mass is 10.2. The quantitative estimate of drug-likeness (QED) is 0.414. The molecule has 0 aromatic heterocycles. The third kappa shape index (κ3) is 3.53. The van der Waals surface area contributed by atoms with Gasteiger partial charge in [-0.25, -0.2) is 9.90 Å². The van der Waals surface area contributed by atoms with Crippen molar-refractivity contribution in [3.05, 3.63) is 24.8 Å². The molecule has 2 heteroatoms. The first-order chi connectivity index (χ1) is 4.18. The summed E-state index contributed by atoms with van der Waals surface area (Å²) >= 11 is 0. The maximum Gasteiger partial charge on any atom is 0.381 e. The van der Waals surface area contributed by atoms with E-state index < -0.39 is 5.97 Å². The van der Waals surface area contributed by atoms with Crippen LogP contribution in [0.3, 0.4) is 0 Å². The fourth-order valence-corrected chi connectivity index (χ4v) is 0.378. The van der Waals surface area contributed by atoms with E-state index in [4.69, 9.17) is 0 Å². The molecule has 0 aromatic rings. The lowest BCUT2D eigenvalue weighted by Crippen LogP contribution is -1.95. The zero-order valence-electron chi connectivity index (χ0n) is 5.22. The van der Waals surface area contributed by atoms with Gasteiger partial charge in [-0.3, -0.25) is 0 Å². The van der Waals surface area contributed by atoms with Gasteiger partial charge in [0.15, 0.2) is 0 Å². The Kier molecular flexibility index (Phi) is 3.44. The summed E-state index contributed by atoms with van der Waals surface area (Å²) < 4.78 is 0. The number of allylic oxidation sites excluding steroid dienone is 1. The molecule has 0 amide bonds. The van der Waals surface area contributed by atoms with Gasteiger partial charge in [0, 0.05) is 5.57 Å². The molecule has 0 spiro atoms. The Balaban J connectivity index is 3.51. The smallest absolute Gasteiger partial charge is 0.242 e. The van der Waals surface area contributed by atoms with Crippen molar-refractivity contribution >= 4 is 5.97 Å². The van der Waals surface area contributed by atoms with Gasteiger partial charge >= 0.3 is 5.97 Å². The average Bonchev–Trinajstić information content (AvgIpc) is 1.82.